The van der Waals surface area contributed by atoms with E-state index >= 15 is 0 Å². The Bertz CT molecular complexity index is 495. The van der Waals surface area contributed by atoms with Gasteiger partial charge in [-0.2, -0.15) is 0 Å². The average molecular weight is 293 g/mol. The first-order valence-electron chi connectivity index (χ1n) is 6.50. The molecule has 21 heavy (non-hydrogen) atoms. The van der Waals surface area contributed by atoms with Crippen LogP contribution in [0.4, 0.5) is 5.69 Å². The highest BCUT2D eigenvalue weighted by molar-refractivity contribution is 5.75. The summed E-state index contributed by atoms with van der Waals surface area (Å²) in [4.78, 5) is 21.4. The third kappa shape index (κ3) is 6.20. The van der Waals surface area contributed by atoms with Gasteiger partial charge in [-0.05, 0) is 31.2 Å². The molecule has 3 atom stereocenters. The number of carbonyl (C=O) groups is 2. The standard InChI is InChI=1S/C15H19NO5/c1-10(18)2-7-14(19)13(8-15(20)21)16-12-5-3-11(9-17)4-6-12/h2-7,9-10,13-14,16,18-19H,8H2,1H3,(H,20,21)/b7-2+. The summed E-state index contributed by atoms with van der Waals surface area (Å²) in [6.07, 6.45) is 1.36. The van der Waals surface area contributed by atoms with E-state index in [1.54, 1.807) is 24.3 Å². The molecule has 0 spiro atoms. The van der Waals surface area contributed by atoms with Crippen molar-refractivity contribution in [2.75, 3.05) is 5.32 Å². The molecule has 0 heterocycles. The SMILES string of the molecule is CC(O)/C=C/C(O)C(CC(=O)O)Nc1ccc(C=O)cc1. The molecule has 0 radical (unpaired) electrons. The molecular weight excluding hydrogens is 274 g/mol. The quantitative estimate of drug-likeness (QED) is 0.421. The van der Waals surface area contributed by atoms with Crippen molar-refractivity contribution in [1.82, 2.24) is 0 Å². The minimum Gasteiger partial charge on any atom is -0.481 e. The van der Waals surface area contributed by atoms with Gasteiger partial charge in [0.1, 0.15) is 6.29 Å². The van der Waals surface area contributed by atoms with Crippen LogP contribution >= 0.6 is 0 Å². The molecule has 0 aliphatic rings. The smallest absolute Gasteiger partial charge is 0.305 e. The van der Waals surface area contributed by atoms with Crippen LogP contribution in [-0.4, -0.2) is 45.8 Å². The lowest BCUT2D eigenvalue weighted by Crippen LogP contribution is -2.34. The van der Waals surface area contributed by atoms with Crippen molar-refractivity contribution < 1.29 is 24.9 Å². The molecule has 0 bridgehead atoms. The number of hydrogen-bond acceptors (Lipinski definition) is 5. The second-order valence-electron chi connectivity index (χ2n) is 4.70. The molecule has 0 amide bonds. The van der Waals surface area contributed by atoms with Crippen LogP contribution in [0.3, 0.4) is 0 Å². The maximum absolute atomic E-state index is 10.9. The maximum atomic E-state index is 10.9. The average Bonchev–Trinajstić information content (AvgIpc) is 2.44. The van der Waals surface area contributed by atoms with E-state index in [1.807, 2.05) is 0 Å². The summed E-state index contributed by atoms with van der Waals surface area (Å²) >= 11 is 0. The van der Waals surface area contributed by atoms with Gasteiger partial charge < -0.3 is 20.6 Å². The fourth-order valence-electron chi connectivity index (χ4n) is 1.73. The van der Waals surface area contributed by atoms with Gasteiger partial charge in [0.2, 0.25) is 0 Å². The first-order chi connectivity index (χ1) is 9.92. The van der Waals surface area contributed by atoms with Gasteiger partial charge in [-0.15, -0.1) is 0 Å². The monoisotopic (exact) mass is 293 g/mol. The van der Waals surface area contributed by atoms with Crippen LogP contribution in [0.25, 0.3) is 0 Å². The Morgan fingerprint density at radius 2 is 1.86 bits per heavy atom. The Labute approximate surface area is 122 Å². The Kier molecular flexibility index (Phi) is 6.58. The molecule has 0 fully saturated rings. The van der Waals surface area contributed by atoms with Crippen molar-refractivity contribution in [3.05, 3.63) is 42.0 Å². The number of hydrogen-bond donors (Lipinski definition) is 4. The van der Waals surface area contributed by atoms with Gasteiger partial charge in [-0.1, -0.05) is 12.2 Å². The molecule has 0 aliphatic carbocycles. The van der Waals surface area contributed by atoms with Gasteiger partial charge in [0.15, 0.2) is 0 Å². The summed E-state index contributed by atoms with van der Waals surface area (Å²) in [7, 11) is 0. The number of nitrogens with one attached hydrogen (secondary N) is 1. The number of benzene rings is 1. The molecule has 6 heteroatoms. The topological polar surface area (TPSA) is 107 Å². The number of aldehydes is 1. The van der Waals surface area contributed by atoms with E-state index < -0.39 is 24.2 Å². The highest BCUT2D eigenvalue weighted by Crippen LogP contribution is 2.14. The van der Waals surface area contributed by atoms with E-state index in [-0.39, 0.29) is 6.42 Å². The Balaban J connectivity index is 2.80. The molecule has 1 rings (SSSR count). The minimum atomic E-state index is -1.07. The molecule has 0 aromatic heterocycles. The van der Waals surface area contributed by atoms with Crippen LogP contribution in [0.15, 0.2) is 36.4 Å². The molecule has 114 valence electrons. The van der Waals surface area contributed by atoms with Crippen LogP contribution in [0.1, 0.15) is 23.7 Å². The summed E-state index contributed by atoms with van der Waals surface area (Å²) in [6, 6.07) is 5.68. The second-order valence-corrected chi connectivity index (χ2v) is 4.70. The minimum absolute atomic E-state index is 0.291. The highest BCUT2D eigenvalue weighted by Gasteiger charge is 2.20. The van der Waals surface area contributed by atoms with Gasteiger partial charge in [-0.25, -0.2) is 0 Å². The van der Waals surface area contributed by atoms with Gasteiger partial charge in [-0.3, -0.25) is 9.59 Å². The lowest BCUT2D eigenvalue weighted by atomic mass is 10.1. The van der Waals surface area contributed by atoms with Crippen molar-refractivity contribution in [3.63, 3.8) is 0 Å². The highest BCUT2D eigenvalue weighted by atomic mass is 16.4. The molecule has 4 N–H and O–H groups in total. The van der Waals surface area contributed by atoms with Crippen molar-refractivity contribution in [3.8, 4) is 0 Å². The lowest BCUT2D eigenvalue weighted by molar-refractivity contribution is -0.137. The van der Waals surface area contributed by atoms with Crippen LogP contribution in [-0.2, 0) is 4.79 Å². The first kappa shape index (κ1) is 16.9. The zero-order chi connectivity index (χ0) is 15.8. The zero-order valence-corrected chi connectivity index (χ0v) is 11.6. The fraction of sp³-hybridized carbons (Fsp3) is 0.333. The third-order valence-electron chi connectivity index (χ3n) is 2.79. The third-order valence-corrected chi connectivity index (χ3v) is 2.79. The zero-order valence-electron chi connectivity index (χ0n) is 11.6. The summed E-state index contributed by atoms with van der Waals surface area (Å²) in [5.41, 5.74) is 1.10. The number of rotatable bonds is 8. The maximum Gasteiger partial charge on any atom is 0.305 e. The number of carboxylic acid groups (broad SMARTS) is 1. The Hall–Kier alpha value is -2.18. The van der Waals surface area contributed by atoms with Gasteiger partial charge in [0, 0.05) is 11.3 Å². The summed E-state index contributed by atoms with van der Waals surface area (Å²) in [6.45, 7) is 1.53. The van der Waals surface area contributed by atoms with Gasteiger partial charge >= 0.3 is 5.97 Å². The molecule has 1 aromatic carbocycles. The summed E-state index contributed by atoms with van der Waals surface area (Å²) < 4.78 is 0. The molecular formula is C15H19NO5. The number of carboxylic acids is 1. The van der Waals surface area contributed by atoms with Gasteiger partial charge in [0.25, 0.3) is 0 Å². The second kappa shape index (κ2) is 8.18. The summed E-state index contributed by atoms with van der Waals surface area (Å²) in [5, 5.41) is 30.9. The predicted octanol–water partition coefficient (Wildman–Crippen LogP) is 1.05. The molecule has 0 saturated carbocycles. The van der Waals surface area contributed by atoms with E-state index in [0.717, 1.165) is 0 Å². The number of carbonyl (C=O) groups excluding carboxylic acids is 1. The molecule has 1 aromatic rings. The largest absolute Gasteiger partial charge is 0.481 e. The van der Waals surface area contributed by atoms with E-state index in [0.29, 0.717) is 17.5 Å². The van der Waals surface area contributed by atoms with Crippen LogP contribution in [0.5, 0.6) is 0 Å². The van der Waals surface area contributed by atoms with E-state index in [2.05, 4.69) is 5.32 Å². The van der Waals surface area contributed by atoms with E-state index in [9.17, 15) is 14.7 Å². The van der Waals surface area contributed by atoms with Crippen molar-refractivity contribution >= 4 is 17.9 Å². The Morgan fingerprint density at radius 3 is 2.33 bits per heavy atom. The molecule has 0 aliphatic heterocycles. The van der Waals surface area contributed by atoms with E-state index in [4.69, 9.17) is 10.2 Å². The number of aliphatic carboxylic acids is 1. The van der Waals surface area contributed by atoms with Crippen molar-refractivity contribution in [2.24, 2.45) is 0 Å². The fourth-order valence-corrected chi connectivity index (χ4v) is 1.73. The summed E-state index contributed by atoms with van der Waals surface area (Å²) in [5.74, 6) is -1.05. The number of aliphatic hydroxyl groups is 2. The first-order valence-corrected chi connectivity index (χ1v) is 6.50. The van der Waals surface area contributed by atoms with E-state index in [1.165, 1.54) is 19.1 Å². The molecule has 3 unspecified atom stereocenters. The molecule has 6 nitrogen and oxygen atoms in total. The number of anilines is 1. The molecule has 0 saturated heterocycles. The van der Waals surface area contributed by atoms with Crippen molar-refractivity contribution in [2.45, 2.75) is 31.6 Å². The Morgan fingerprint density at radius 1 is 1.24 bits per heavy atom. The van der Waals surface area contributed by atoms with Crippen LogP contribution in [0.2, 0.25) is 0 Å². The lowest BCUT2D eigenvalue weighted by Gasteiger charge is -2.22. The van der Waals surface area contributed by atoms with Crippen LogP contribution < -0.4 is 5.32 Å². The van der Waals surface area contributed by atoms with Gasteiger partial charge in [0.05, 0.1) is 24.7 Å². The van der Waals surface area contributed by atoms with Crippen molar-refractivity contribution in [1.29, 1.82) is 0 Å². The normalized spacial score (nSPS) is 15.4. The number of aliphatic hydroxyl groups excluding tert-OH is 2. The van der Waals surface area contributed by atoms with Crippen LogP contribution in [0, 0.1) is 0 Å². The predicted molar refractivity (Wildman–Crippen MR) is 78.3 cm³/mol.